The molecule has 5 nitrogen and oxygen atoms in total. The molecule has 134 valence electrons. The van der Waals surface area contributed by atoms with Gasteiger partial charge >= 0.3 is 0 Å². The second-order valence-electron chi connectivity index (χ2n) is 6.60. The van der Waals surface area contributed by atoms with Crippen molar-refractivity contribution in [2.75, 3.05) is 36.9 Å². The average Bonchev–Trinajstić information content (AvgIpc) is 2.56. The first kappa shape index (κ1) is 19.3. The summed E-state index contributed by atoms with van der Waals surface area (Å²) < 4.78 is 26.0. The highest BCUT2D eigenvalue weighted by atomic mass is 32.2. The lowest BCUT2D eigenvalue weighted by molar-refractivity contribution is -0.122. The molecule has 1 aromatic rings. The second-order valence-corrected chi connectivity index (χ2v) is 9.92. The number of nitrogens with one attached hydrogen (secondary N) is 1. The molecule has 7 heteroatoms. The minimum Gasteiger partial charge on any atom is -0.355 e. The molecular formula is C17H26N2O3S2. The molecule has 1 saturated heterocycles. The Morgan fingerprint density at radius 1 is 1.21 bits per heavy atom. The van der Waals surface area contributed by atoms with Crippen molar-refractivity contribution >= 4 is 27.7 Å². The maximum atomic E-state index is 12.2. The number of carbonyl (C=O) groups is 1. The molecule has 0 aliphatic carbocycles. The number of hydrogen-bond acceptors (Lipinski definition) is 4. The fraction of sp³-hybridized carbons (Fsp3) is 0.588. The number of sulfonamides is 1. The standard InChI is InChI=1S/C17H26N2O3S2/c1-17(2,15-6-4-3-5-7-15)14-16(20)18-8-13-24(21,22)19-9-11-23-12-10-19/h3-7H,8-14H2,1-2H3,(H,18,20). The Bertz CT molecular complexity index is 639. The number of amides is 1. The van der Waals surface area contributed by atoms with Crippen LogP contribution in [-0.2, 0) is 20.2 Å². The Labute approximate surface area is 149 Å². The summed E-state index contributed by atoms with van der Waals surface area (Å²) in [4.78, 5) is 12.2. The number of carbonyl (C=O) groups excluding carboxylic acids is 1. The van der Waals surface area contributed by atoms with Crippen molar-refractivity contribution in [3.05, 3.63) is 35.9 Å². The minimum absolute atomic E-state index is 0.0326. The van der Waals surface area contributed by atoms with Gasteiger partial charge in [-0.25, -0.2) is 12.7 Å². The van der Waals surface area contributed by atoms with E-state index >= 15 is 0 Å². The van der Waals surface area contributed by atoms with E-state index in [1.54, 1.807) is 11.8 Å². The monoisotopic (exact) mass is 370 g/mol. The van der Waals surface area contributed by atoms with Crippen molar-refractivity contribution in [2.45, 2.75) is 25.7 Å². The lowest BCUT2D eigenvalue weighted by atomic mass is 9.81. The van der Waals surface area contributed by atoms with E-state index in [9.17, 15) is 13.2 Å². The SMILES string of the molecule is CC(C)(CC(=O)NCCS(=O)(=O)N1CCSCC1)c1ccccc1. The van der Waals surface area contributed by atoms with Crippen molar-refractivity contribution in [1.82, 2.24) is 9.62 Å². The van der Waals surface area contributed by atoms with Crippen LogP contribution in [0.1, 0.15) is 25.8 Å². The van der Waals surface area contributed by atoms with Crippen molar-refractivity contribution in [3.8, 4) is 0 Å². The predicted molar refractivity (Wildman–Crippen MR) is 99.8 cm³/mol. The molecule has 0 bridgehead atoms. The van der Waals surface area contributed by atoms with Crippen LogP contribution >= 0.6 is 11.8 Å². The zero-order valence-corrected chi connectivity index (χ0v) is 16.0. The van der Waals surface area contributed by atoms with Crippen LogP contribution in [-0.4, -0.2) is 55.5 Å². The fourth-order valence-electron chi connectivity index (χ4n) is 2.73. The third-order valence-electron chi connectivity index (χ3n) is 4.20. The molecule has 1 N–H and O–H groups in total. The molecule has 1 aliphatic rings. The summed E-state index contributed by atoms with van der Waals surface area (Å²) >= 11 is 1.77. The molecule has 0 atom stereocenters. The average molecular weight is 371 g/mol. The Balaban J connectivity index is 1.81. The molecule has 24 heavy (non-hydrogen) atoms. The number of nitrogens with zero attached hydrogens (tertiary/aromatic N) is 1. The summed E-state index contributed by atoms with van der Waals surface area (Å²) in [6.07, 6.45) is 0.331. The van der Waals surface area contributed by atoms with Gasteiger partial charge in [0, 0.05) is 37.6 Å². The maximum absolute atomic E-state index is 12.2. The summed E-state index contributed by atoms with van der Waals surface area (Å²) in [6.45, 7) is 5.34. The second kappa shape index (κ2) is 8.36. The van der Waals surface area contributed by atoms with Crippen molar-refractivity contribution in [1.29, 1.82) is 0 Å². The highest BCUT2D eigenvalue weighted by Crippen LogP contribution is 2.26. The Morgan fingerprint density at radius 3 is 2.46 bits per heavy atom. The first-order valence-corrected chi connectivity index (χ1v) is 11.0. The smallest absolute Gasteiger partial charge is 0.220 e. The van der Waals surface area contributed by atoms with E-state index in [4.69, 9.17) is 0 Å². The molecule has 1 amide bonds. The van der Waals surface area contributed by atoms with Gasteiger partial charge in [-0.2, -0.15) is 11.8 Å². The predicted octanol–water partition coefficient (Wildman–Crippen LogP) is 1.85. The zero-order valence-electron chi connectivity index (χ0n) is 14.3. The van der Waals surface area contributed by atoms with E-state index in [1.165, 1.54) is 4.31 Å². The minimum atomic E-state index is -3.27. The molecule has 1 heterocycles. The van der Waals surface area contributed by atoms with Crippen molar-refractivity contribution in [3.63, 3.8) is 0 Å². The first-order chi connectivity index (χ1) is 11.3. The van der Waals surface area contributed by atoms with E-state index in [1.807, 2.05) is 44.2 Å². The molecule has 1 aromatic carbocycles. The molecular weight excluding hydrogens is 344 g/mol. The van der Waals surface area contributed by atoms with Gasteiger partial charge in [0.2, 0.25) is 15.9 Å². The van der Waals surface area contributed by atoms with Gasteiger partial charge < -0.3 is 5.32 Å². The van der Waals surface area contributed by atoms with Crippen LogP contribution in [0.25, 0.3) is 0 Å². The van der Waals surface area contributed by atoms with Crippen LogP contribution in [0.2, 0.25) is 0 Å². The number of benzene rings is 1. The van der Waals surface area contributed by atoms with Gasteiger partial charge in [0.1, 0.15) is 0 Å². The van der Waals surface area contributed by atoms with E-state index in [-0.39, 0.29) is 23.6 Å². The van der Waals surface area contributed by atoms with E-state index in [0.717, 1.165) is 17.1 Å². The van der Waals surface area contributed by atoms with Gasteiger partial charge in [-0.1, -0.05) is 44.2 Å². The van der Waals surface area contributed by atoms with Crippen LogP contribution in [0.3, 0.4) is 0 Å². The summed E-state index contributed by atoms with van der Waals surface area (Å²) in [7, 11) is -3.27. The van der Waals surface area contributed by atoms with Crippen LogP contribution in [0, 0.1) is 0 Å². The highest BCUT2D eigenvalue weighted by molar-refractivity contribution is 7.99. The normalized spacial score (nSPS) is 16.8. The number of thioether (sulfide) groups is 1. The van der Waals surface area contributed by atoms with Crippen molar-refractivity contribution in [2.24, 2.45) is 0 Å². The van der Waals surface area contributed by atoms with E-state index in [2.05, 4.69) is 5.32 Å². The van der Waals surface area contributed by atoms with Crippen LogP contribution < -0.4 is 5.32 Å². The molecule has 0 unspecified atom stereocenters. The van der Waals surface area contributed by atoms with Crippen LogP contribution in [0.4, 0.5) is 0 Å². The highest BCUT2D eigenvalue weighted by Gasteiger charge is 2.26. The van der Waals surface area contributed by atoms with Crippen LogP contribution in [0.5, 0.6) is 0 Å². The van der Waals surface area contributed by atoms with Gasteiger partial charge in [-0.05, 0) is 11.0 Å². The van der Waals surface area contributed by atoms with E-state index < -0.39 is 10.0 Å². The molecule has 2 rings (SSSR count). The van der Waals surface area contributed by atoms with Gasteiger partial charge in [-0.3, -0.25) is 4.79 Å². The summed E-state index contributed by atoms with van der Waals surface area (Å²) in [5.74, 6) is 1.54. The Hall–Kier alpha value is -1.05. The Kier molecular flexibility index (Phi) is 6.71. The maximum Gasteiger partial charge on any atom is 0.220 e. The summed E-state index contributed by atoms with van der Waals surface area (Å²) in [5, 5.41) is 2.75. The van der Waals surface area contributed by atoms with Crippen molar-refractivity contribution < 1.29 is 13.2 Å². The lowest BCUT2D eigenvalue weighted by Gasteiger charge is -2.26. The number of rotatable bonds is 7. The van der Waals surface area contributed by atoms with Crippen LogP contribution in [0.15, 0.2) is 30.3 Å². The quantitative estimate of drug-likeness (QED) is 0.795. The topological polar surface area (TPSA) is 66.5 Å². The van der Waals surface area contributed by atoms with Gasteiger partial charge in [0.25, 0.3) is 0 Å². The molecule has 0 aromatic heterocycles. The first-order valence-electron chi connectivity index (χ1n) is 8.19. The largest absolute Gasteiger partial charge is 0.355 e. The molecule has 0 radical (unpaired) electrons. The van der Waals surface area contributed by atoms with Gasteiger partial charge in [0.05, 0.1) is 5.75 Å². The third-order valence-corrected chi connectivity index (χ3v) is 7.02. The zero-order chi connectivity index (χ0) is 17.6. The fourth-order valence-corrected chi connectivity index (χ4v) is 5.22. The van der Waals surface area contributed by atoms with Gasteiger partial charge in [-0.15, -0.1) is 0 Å². The number of hydrogen-bond donors (Lipinski definition) is 1. The molecule has 0 spiro atoms. The summed E-state index contributed by atoms with van der Waals surface area (Å²) in [5.41, 5.74) is 0.812. The molecule has 0 saturated carbocycles. The molecule has 1 fully saturated rings. The third kappa shape index (κ3) is 5.50. The van der Waals surface area contributed by atoms with E-state index in [0.29, 0.717) is 19.5 Å². The van der Waals surface area contributed by atoms with Gasteiger partial charge in [0.15, 0.2) is 0 Å². The molecule has 1 aliphatic heterocycles. The lowest BCUT2D eigenvalue weighted by Crippen LogP contribution is -2.42. The Morgan fingerprint density at radius 2 is 1.83 bits per heavy atom. The summed E-state index contributed by atoms with van der Waals surface area (Å²) in [6, 6.07) is 9.87.